The Morgan fingerprint density at radius 1 is 1.53 bits per heavy atom. The summed E-state index contributed by atoms with van der Waals surface area (Å²) in [5, 5.41) is 22.4. The molecule has 0 radical (unpaired) electrons. The molecular formula is C11H21N3O5. The van der Waals surface area contributed by atoms with E-state index < -0.39 is 18.0 Å². The van der Waals surface area contributed by atoms with Crippen LogP contribution in [0.2, 0.25) is 0 Å². The lowest BCUT2D eigenvalue weighted by Gasteiger charge is -2.30. The summed E-state index contributed by atoms with van der Waals surface area (Å²) in [7, 11) is 1.97. The molecule has 110 valence electrons. The summed E-state index contributed by atoms with van der Waals surface area (Å²) in [5.74, 6) is -1.17. The van der Waals surface area contributed by atoms with E-state index in [4.69, 9.17) is 14.9 Å². The molecule has 1 saturated heterocycles. The van der Waals surface area contributed by atoms with Crippen LogP contribution in [0.4, 0.5) is 4.79 Å². The zero-order valence-corrected chi connectivity index (χ0v) is 11.0. The number of carbonyl (C=O) groups excluding carboxylic acids is 1. The molecule has 0 aromatic rings. The van der Waals surface area contributed by atoms with Gasteiger partial charge in [-0.15, -0.1) is 0 Å². The van der Waals surface area contributed by atoms with E-state index in [-0.39, 0.29) is 19.1 Å². The Labute approximate surface area is 111 Å². The van der Waals surface area contributed by atoms with E-state index in [0.29, 0.717) is 13.2 Å². The SMILES string of the molecule is CN1CCOC(CNC(=O)N[C@@H](CCO)C(=O)O)C1. The summed E-state index contributed by atoms with van der Waals surface area (Å²) in [5.41, 5.74) is 0. The molecule has 0 spiro atoms. The van der Waals surface area contributed by atoms with Crippen molar-refractivity contribution >= 4 is 12.0 Å². The molecule has 1 unspecified atom stereocenters. The molecule has 0 aliphatic carbocycles. The van der Waals surface area contributed by atoms with Gasteiger partial charge in [-0.1, -0.05) is 0 Å². The van der Waals surface area contributed by atoms with Gasteiger partial charge in [0.25, 0.3) is 0 Å². The number of carboxylic acid groups (broad SMARTS) is 1. The van der Waals surface area contributed by atoms with Crippen LogP contribution in [0.25, 0.3) is 0 Å². The maximum Gasteiger partial charge on any atom is 0.326 e. The first-order valence-corrected chi connectivity index (χ1v) is 6.21. The first-order chi connectivity index (χ1) is 9.02. The first-order valence-electron chi connectivity index (χ1n) is 6.21. The standard InChI is InChI=1S/C11H21N3O5/c1-14-3-5-19-8(7-14)6-12-11(18)13-9(2-4-15)10(16)17/h8-9,15H,2-7H2,1H3,(H,16,17)(H2,12,13,18)/t8?,9-/m0/s1. The van der Waals surface area contributed by atoms with Gasteiger partial charge in [-0.3, -0.25) is 0 Å². The van der Waals surface area contributed by atoms with E-state index in [1.807, 2.05) is 7.05 Å². The van der Waals surface area contributed by atoms with Crippen LogP contribution in [-0.4, -0.2) is 79.2 Å². The number of amides is 2. The minimum atomic E-state index is -1.17. The molecule has 0 saturated carbocycles. The van der Waals surface area contributed by atoms with Crippen molar-refractivity contribution in [3.8, 4) is 0 Å². The van der Waals surface area contributed by atoms with Crippen molar-refractivity contribution in [2.75, 3.05) is 39.9 Å². The van der Waals surface area contributed by atoms with Crippen molar-refractivity contribution in [1.29, 1.82) is 0 Å². The van der Waals surface area contributed by atoms with Crippen LogP contribution in [-0.2, 0) is 9.53 Å². The fourth-order valence-electron chi connectivity index (χ4n) is 1.79. The number of nitrogens with zero attached hydrogens (tertiary/aromatic N) is 1. The van der Waals surface area contributed by atoms with Gasteiger partial charge < -0.3 is 30.5 Å². The van der Waals surface area contributed by atoms with Crippen molar-refractivity contribution < 1.29 is 24.5 Å². The molecule has 8 heteroatoms. The van der Waals surface area contributed by atoms with Crippen LogP contribution in [0.3, 0.4) is 0 Å². The van der Waals surface area contributed by atoms with Gasteiger partial charge in [-0.05, 0) is 7.05 Å². The van der Waals surface area contributed by atoms with Gasteiger partial charge in [-0.25, -0.2) is 9.59 Å². The van der Waals surface area contributed by atoms with Crippen LogP contribution in [0.5, 0.6) is 0 Å². The third-order valence-electron chi connectivity index (χ3n) is 2.85. The Bertz CT molecular complexity index is 313. The average molecular weight is 275 g/mol. The molecule has 0 aromatic carbocycles. The van der Waals surface area contributed by atoms with Gasteiger partial charge in [0.2, 0.25) is 0 Å². The number of nitrogens with one attached hydrogen (secondary N) is 2. The third-order valence-corrected chi connectivity index (χ3v) is 2.85. The minimum Gasteiger partial charge on any atom is -0.480 e. The highest BCUT2D eigenvalue weighted by molar-refractivity contribution is 5.82. The van der Waals surface area contributed by atoms with Gasteiger partial charge >= 0.3 is 12.0 Å². The maximum atomic E-state index is 11.5. The Balaban J connectivity index is 2.28. The largest absolute Gasteiger partial charge is 0.480 e. The van der Waals surface area contributed by atoms with Crippen molar-refractivity contribution in [2.45, 2.75) is 18.6 Å². The monoisotopic (exact) mass is 275 g/mol. The number of aliphatic carboxylic acids is 1. The second-order valence-electron chi connectivity index (χ2n) is 4.51. The lowest BCUT2D eigenvalue weighted by atomic mass is 10.2. The van der Waals surface area contributed by atoms with Gasteiger partial charge in [-0.2, -0.15) is 0 Å². The molecular weight excluding hydrogens is 254 g/mol. The number of rotatable bonds is 6. The summed E-state index contributed by atoms with van der Waals surface area (Å²) < 4.78 is 5.46. The maximum absolute atomic E-state index is 11.5. The number of morpholine rings is 1. The van der Waals surface area contributed by atoms with Crippen molar-refractivity contribution in [3.63, 3.8) is 0 Å². The topological polar surface area (TPSA) is 111 Å². The zero-order valence-electron chi connectivity index (χ0n) is 11.0. The predicted octanol–water partition coefficient (Wildman–Crippen LogP) is -1.55. The average Bonchev–Trinajstić information content (AvgIpc) is 2.36. The Kier molecular flexibility index (Phi) is 6.54. The van der Waals surface area contributed by atoms with E-state index in [0.717, 1.165) is 13.1 Å². The molecule has 4 N–H and O–H groups in total. The van der Waals surface area contributed by atoms with Gasteiger partial charge in [0.15, 0.2) is 0 Å². The smallest absolute Gasteiger partial charge is 0.326 e. The Hall–Kier alpha value is -1.38. The highest BCUT2D eigenvalue weighted by Crippen LogP contribution is 2.01. The second kappa shape index (κ2) is 7.93. The van der Waals surface area contributed by atoms with Crippen LogP contribution in [0.1, 0.15) is 6.42 Å². The number of carbonyl (C=O) groups is 2. The van der Waals surface area contributed by atoms with E-state index in [1.165, 1.54) is 0 Å². The highest BCUT2D eigenvalue weighted by atomic mass is 16.5. The summed E-state index contributed by atoms with van der Waals surface area (Å²) in [6, 6.07) is -1.65. The number of ether oxygens (including phenoxy) is 1. The summed E-state index contributed by atoms with van der Waals surface area (Å²) in [4.78, 5) is 24.4. The summed E-state index contributed by atoms with van der Waals surface area (Å²) in [6.45, 7) is 2.22. The molecule has 0 aromatic heterocycles. The number of urea groups is 1. The molecule has 2 atom stereocenters. The predicted molar refractivity (Wildman–Crippen MR) is 66.9 cm³/mol. The summed E-state index contributed by atoms with van der Waals surface area (Å²) in [6.07, 6.45) is -0.114. The normalized spacial score (nSPS) is 21.7. The number of hydrogen-bond donors (Lipinski definition) is 4. The van der Waals surface area contributed by atoms with Crippen LogP contribution in [0, 0.1) is 0 Å². The molecule has 19 heavy (non-hydrogen) atoms. The van der Waals surface area contributed by atoms with Gasteiger partial charge in [0, 0.05) is 32.7 Å². The van der Waals surface area contributed by atoms with E-state index >= 15 is 0 Å². The first kappa shape index (κ1) is 15.7. The van der Waals surface area contributed by atoms with Crippen molar-refractivity contribution in [3.05, 3.63) is 0 Å². The van der Waals surface area contributed by atoms with Gasteiger partial charge in [0.05, 0.1) is 12.7 Å². The molecule has 1 rings (SSSR count). The summed E-state index contributed by atoms with van der Waals surface area (Å²) >= 11 is 0. The van der Waals surface area contributed by atoms with Crippen LogP contribution < -0.4 is 10.6 Å². The van der Waals surface area contributed by atoms with Crippen molar-refractivity contribution in [2.24, 2.45) is 0 Å². The van der Waals surface area contributed by atoms with Gasteiger partial charge in [0.1, 0.15) is 6.04 Å². The molecule has 8 nitrogen and oxygen atoms in total. The molecule has 1 aliphatic heterocycles. The highest BCUT2D eigenvalue weighted by Gasteiger charge is 2.21. The fourth-order valence-corrected chi connectivity index (χ4v) is 1.79. The number of aliphatic hydroxyl groups is 1. The third kappa shape index (κ3) is 5.86. The van der Waals surface area contributed by atoms with E-state index in [9.17, 15) is 9.59 Å². The second-order valence-corrected chi connectivity index (χ2v) is 4.51. The van der Waals surface area contributed by atoms with Crippen LogP contribution >= 0.6 is 0 Å². The number of hydrogen-bond acceptors (Lipinski definition) is 5. The quantitative estimate of drug-likeness (QED) is 0.467. The van der Waals surface area contributed by atoms with E-state index in [1.54, 1.807) is 0 Å². The molecule has 1 heterocycles. The number of aliphatic hydroxyl groups excluding tert-OH is 1. The minimum absolute atomic E-state index is 0.0224. The molecule has 2 amide bonds. The lowest BCUT2D eigenvalue weighted by Crippen LogP contribution is -2.51. The van der Waals surface area contributed by atoms with Crippen molar-refractivity contribution in [1.82, 2.24) is 15.5 Å². The Morgan fingerprint density at radius 3 is 2.84 bits per heavy atom. The Morgan fingerprint density at radius 2 is 2.26 bits per heavy atom. The fraction of sp³-hybridized carbons (Fsp3) is 0.818. The van der Waals surface area contributed by atoms with Crippen LogP contribution in [0.15, 0.2) is 0 Å². The zero-order chi connectivity index (χ0) is 14.3. The molecule has 1 fully saturated rings. The lowest BCUT2D eigenvalue weighted by molar-refractivity contribution is -0.139. The number of carboxylic acids is 1. The molecule has 0 bridgehead atoms. The van der Waals surface area contributed by atoms with E-state index in [2.05, 4.69) is 15.5 Å². The molecule has 1 aliphatic rings. The number of likely N-dealkylation sites (N-methyl/N-ethyl adjacent to an activating group) is 1.